The van der Waals surface area contributed by atoms with Crippen LogP contribution in [0.15, 0.2) is 53.5 Å². The van der Waals surface area contributed by atoms with Crippen molar-refractivity contribution in [1.29, 1.82) is 0 Å². The van der Waals surface area contributed by atoms with Gasteiger partial charge in [0.2, 0.25) is 0 Å². The minimum absolute atomic E-state index is 0.353. The molecule has 0 fully saturated rings. The van der Waals surface area contributed by atoms with Crippen molar-refractivity contribution in [3.8, 4) is 10.6 Å². The summed E-state index contributed by atoms with van der Waals surface area (Å²) >= 11 is 1.24. The summed E-state index contributed by atoms with van der Waals surface area (Å²) in [5.41, 5.74) is 0.856. The first-order valence-corrected chi connectivity index (χ1v) is 8.10. The van der Waals surface area contributed by atoms with Crippen LogP contribution in [0.5, 0.6) is 0 Å². The van der Waals surface area contributed by atoms with Crippen LogP contribution in [0.4, 0.5) is 22.6 Å². The summed E-state index contributed by atoms with van der Waals surface area (Å²) in [6.45, 7) is 1.75. The molecular weight excluding hydrogens is 352 g/mol. The number of nitrogens with zero attached hydrogens (tertiary/aromatic N) is 2. The van der Waals surface area contributed by atoms with E-state index in [0.717, 1.165) is 12.1 Å². The fraction of sp³-hybridized carbons (Fsp3) is 0.111. The topological polar surface area (TPSA) is 25.2 Å². The van der Waals surface area contributed by atoms with Gasteiger partial charge in [0.15, 0.2) is 0 Å². The van der Waals surface area contributed by atoms with Crippen LogP contribution in [0.1, 0.15) is 16.8 Å². The SMILES string of the molecule is Cc1nc(-c2ccc(C(F)(F)F)cc2)sc1N=Cc1ccccc1F. The molecule has 0 aliphatic carbocycles. The van der Waals surface area contributed by atoms with E-state index in [-0.39, 0.29) is 5.82 Å². The summed E-state index contributed by atoms with van der Waals surface area (Å²) in [4.78, 5) is 8.59. The van der Waals surface area contributed by atoms with E-state index in [0.29, 0.717) is 26.8 Å². The zero-order valence-corrected chi connectivity index (χ0v) is 13.8. The summed E-state index contributed by atoms with van der Waals surface area (Å²) in [6, 6.07) is 11.0. The number of hydrogen-bond acceptors (Lipinski definition) is 3. The van der Waals surface area contributed by atoms with E-state index in [1.165, 1.54) is 35.8 Å². The molecule has 0 bridgehead atoms. The summed E-state index contributed by atoms with van der Waals surface area (Å²) in [6.07, 6.45) is -2.96. The van der Waals surface area contributed by atoms with Gasteiger partial charge in [-0.2, -0.15) is 13.2 Å². The van der Waals surface area contributed by atoms with Gasteiger partial charge in [-0.1, -0.05) is 41.7 Å². The Hall–Kier alpha value is -2.54. The number of rotatable bonds is 3. The Balaban J connectivity index is 1.86. The molecule has 3 rings (SSSR count). The molecule has 0 saturated carbocycles. The van der Waals surface area contributed by atoms with E-state index in [2.05, 4.69) is 9.98 Å². The molecule has 3 aromatic rings. The lowest BCUT2D eigenvalue weighted by Gasteiger charge is -2.06. The molecule has 2 nitrogen and oxygen atoms in total. The maximum absolute atomic E-state index is 13.6. The normalized spacial score (nSPS) is 12.0. The molecule has 2 aromatic carbocycles. The molecule has 1 heterocycles. The molecule has 0 N–H and O–H groups in total. The second kappa shape index (κ2) is 6.76. The summed E-state index contributed by atoms with van der Waals surface area (Å²) in [5.74, 6) is -0.378. The van der Waals surface area contributed by atoms with Crippen molar-refractivity contribution < 1.29 is 17.6 Å². The van der Waals surface area contributed by atoms with Crippen molar-refractivity contribution >= 4 is 22.6 Å². The maximum Gasteiger partial charge on any atom is 0.416 e. The average Bonchev–Trinajstić information content (AvgIpc) is 2.94. The van der Waals surface area contributed by atoms with Crippen LogP contribution in [0.25, 0.3) is 10.6 Å². The minimum Gasteiger partial charge on any atom is -0.243 e. The molecule has 0 unspecified atom stereocenters. The van der Waals surface area contributed by atoms with Crippen LogP contribution in [0.3, 0.4) is 0 Å². The van der Waals surface area contributed by atoms with Crippen molar-refractivity contribution in [2.75, 3.05) is 0 Å². The standard InChI is InChI=1S/C18H12F4N2S/c1-11-16(23-10-13-4-2-3-5-15(13)19)25-17(24-11)12-6-8-14(9-7-12)18(20,21)22/h2-10H,1H3. The molecule has 0 spiro atoms. The molecule has 0 aliphatic rings. The van der Waals surface area contributed by atoms with Crippen molar-refractivity contribution in [2.24, 2.45) is 4.99 Å². The molecule has 0 amide bonds. The van der Waals surface area contributed by atoms with Gasteiger partial charge in [-0.05, 0) is 25.1 Å². The third-order valence-corrected chi connectivity index (χ3v) is 4.57. The van der Waals surface area contributed by atoms with E-state index in [1.54, 1.807) is 25.1 Å². The summed E-state index contributed by atoms with van der Waals surface area (Å²) in [5, 5.41) is 1.14. The molecule has 128 valence electrons. The number of alkyl halides is 3. The fourth-order valence-electron chi connectivity index (χ4n) is 2.14. The molecule has 1 aromatic heterocycles. The number of thiazole rings is 1. The van der Waals surface area contributed by atoms with Gasteiger partial charge in [-0.25, -0.2) is 14.4 Å². The Morgan fingerprint density at radius 1 is 1.04 bits per heavy atom. The first-order valence-electron chi connectivity index (χ1n) is 7.28. The molecular formula is C18H12F4N2S. The van der Waals surface area contributed by atoms with Gasteiger partial charge in [-0.15, -0.1) is 0 Å². The molecule has 0 aliphatic heterocycles. The minimum atomic E-state index is -4.37. The van der Waals surface area contributed by atoms with Gasteiger partial charge < -0.3 is 0 Å². The number of aliphatic imine (C=N–C) groups is 1. The third kappa shape index (κ3) is 3.93. The quantitative estimate of drug-likeness (QED) is 0.412. The third-order valence-electron chi connectivity index (χ3n) is 3.46. The molecule has 25 heavy (non-hydrogen) atoms. The van der Waals surface area contributed by atoms with Crippen LogP contribution in [0, 0.1) is 12.7 Å². The molecule has 0 radical (unpaired) electrons. The van der Waals surface area contributed by atoms with Crippen molar-refractivity contribution in [1.82, 2.24) is 4.98 Å². The Morgan fingerprint density at radius 3 is 2.36 bits per heavy atom. The van der Waals surface area contributed by atoms with Crippen LogP contribution >= 0.6 is 11.3 Å². The predicted octanol–water partition coefficient (Wildman–Crippen LogP) is 6.03. The molecule has 7 heteroatoms. The second-order valence-corrected chi connectivity index (χ2v) is 6.24. The van der Waals surface area contributed by atoms with E-state index in [1.807, 2.05) is 0 Å². The predicted molar refractivity (Wildman–Crippen MR) is 90.9 cm³/mol. The highest BCUT2D eigenvalue weighted by molar-refractivity contribution is 7.18. The number of aromatic nitrogens is 1. The lowest BCUT2D eigenvalue weighted by atomic mass is 10.1. The van der Waals surface area contributed by atoms with Gasteiger partial charge in [0, 0.05) is 17.3 Å². The number of halogens is 4. The highest BCUT2D eigenvalue weighted by atomic mass is 32.1. The van der Waals surface area contributed by atoms with Gasteiger partial charge in [0.25, 0.3) is 0 Å². The van der Waals surface area contributed by atoms with Gasteiger partial charge >= 0.3 is 6.18 Å². The zero-order valence-electron chi connectivity index (χ0n) is 13.0. The summed E-state index contributed by atoms with van der Waals surface area (Å²) < 4.78 is 51.5. The Kier molecular flexibility index (Phi) is 4.67. The Labute approximate surface area is 145 Å². The van der Waals surface area contributed by atoms with E-state index >= 15 is 0 Å². The Bertz CT molecular complexity index is 912. The van der Waals surface area contributed by atoms with Crippen LogP contribution in [-0.4, -0.2) is 11.2 Å². The van der Waals surface area contributed by atoms with Crippen molar-refractivity contribution in [2.45, 2.75) is 13.1 Å². The average molecular weight is 364 g/mol. The molecule has 0 atom stereocenters. The van der Waals surface area contributed by atoms with Gasteiger partial charge in [0.05, 0.1) is 11.3 Å². The van der Waals surface area contributed by atoms with E-state index in [4.69, 9.17) is 0 Å². The number of benzene rings is 2. The summed E-state index contributed by atoms with van der Waals surface area (Å²) in [7, 11) is 0. The van der Waals surface area contributed by atoms with Crippen LogP contribution in [0.2, 0.25) is 0 Å². The monoisotopic (exact) mass is 364 g/mol. The van der Waals surface area contributed by atoms with Crippen LogP contribution in [-0.2, 0) is 6.18 Å². The first-order chi connectivity index (χ1) is 11.8. The second-order valence-electron chi connectivity index (χ2n) is 5.26. The van der Waals surface area contributed by atoms with Gasteiger partial charge in [-0.3, -0.25) is 0 Å². The van der Waals surface area contributed by atoms with Crippen molar-refractivity contribution in [3.63, 3.8) is 0 Å². The number of aryl methyl sites for hydroxylation is 1. The van der Waals surface area contributed by atoms with Crippen LogP contribution < -0.4 is 0 Å². The highest BCUT2D eigenvalue weighted by Crippen LogP contribution is 2.35. The number of hydrogen-bond donors (Lipinski definition) is 0. The largest absolute Gasteiger partial charge is 0.416 e. The lowest BCUT2D eigenvalue weighted by molar-refractivity contribution is -0.137. The maximum atomic E-state index is 13.6. The first kappa shape index (κ1) is 17.3. The van der Waals surface area contributed by atoms with Crippen molar-refractivity contribution in [3.05, 3.63) is 71.2 Å². The lowest BCUT2D eigenvalue weighted by Crippen LogP contribution is -2.03. The zero-order chi connectivity index (χ0) is 18.0. The highest BCUT2D eigenvalue weighted by Gasteiger charge is 2.30. The van der Waals surface area contributed by atoms with E-state index in [9.17, 15) is 17.6 Å². The molecule has 0 saturated heterocycles. The van der Waals surface area contributed by atoms with Gasteiger partial charge in [0.1, 0.15) is 15.8 Å². The Morgan fingerprint density at radius 2 is 1.72 bits per heavy atom. The fourth-order valence-corrected chi connectivity index (χ4v) is 3.06. The smallest absolute Gasteiger partial charge is 0.243 e. The van der Waals surface area contributed by atoms with E-state index < -0.39 is 11.7 Å².